The van der Waals surface area contributed by atoms with Crippen LogP contribution in [0.15, 0.2) is 78.2 Å². The Balaban J connectivity index is 1.47. The second kappa shape index (κ2) is 9.34. The molecule has 0 aliphatic carbocycles. The van der Waals surface area contributed by atoms with Crippen molar-refractivity contribution in [2.75, 3.05) is 0 Å². The molecule has 0 radical (unpaired) electrons. The summed E-state index contributed by atoms with van der Waals surface area (Å²) in [4.78, 5) is 0. The monoisotopic (exact) mass is 506 g/mol. The van der Waals surface area contributed by atoms with Gasteiger partial charge in [-0.3, -0.25) is 5.10 Å². The summed E-state index contributed by atoms with van der Waals surface area (Å²) in [5, 5.41) is 17.9. The number of nitrogens with two attached hydrogens (primary N) is 1. The molecule has 6 nitrogen and oxygen atoms in total. The Hall–Kier alpha value is -3.99. The van der Waals surface area contributed by atoms with Crippen molar-refractivity contribution in [1.29, 1.82) is 5.26 Å². The molecule has 1 aliphatic heterocycles. The average molecular weight is 507 g/mol. The first-order chi connectivity index (χ1) is 16.9. The number of nitriles is 1. The predicted molar refractivity (Wildman–Crippen MR) is 131 cm³/mol. The number of halogens is 3. The number of aromatic nitrogens is 2. The Morgan fingerprint density at radius 2 is 1.80 bits per heavy atom. The number of rotatable bonds is 5. The van der Waals surface area contributed by atoms with E-state index >= 15 is 0 Å². The van der Waals surface area contributed by atoms with Crippen LogP contribution in [0.1, 0.15) is 22.6 Å². The zero-order valence-corrected chi connectivity index (χ0v) is 19.6. The predicted octanol–water partition coefficient (Wildman–Crippen LogP) is 6.32. The topological polar surface area (TPSA) is 97.0 Å². The summed E-state index contributed by atoms with van der Waals surface area (Å²) in [7, 11) is 0. The van der Waals surface area contributed by atoms with E-state index in [9.17, 15) is 9.65 Å². The molecule has 0 amide bonds. The number of ether oxygens (including phenoxy) is 2. The highest BCUT2D eigenvalue weighted by molar-refractivity contribution is 6.42. The summed E-state index contributed by atoms with van der Waals surface area (Å²) in [6, 6.07) is 20.8. The largest absolute Gasteiger partial charge is 0.489 e. The van der Waals surface area contributed by atoms with Crippen molar-refractivity contribution in [3.8, 4) is 29.0 Å². The number of fused-ring (bicyclic) bond motifs is 1. The smallest absolute Gasteiger partial charge is 0.244 e. The molecule has 5 rings (SSSR count). The number of aromatic amines is 1. The van der Waals surface area contributed by atoms with Crippen LogP contribution in [-0.2, 0) is 6.61 Å². The molecule has 174 valence electrons. The highest BCUT2D eigenvalue weighted by Crippen LogP contribution is 2.46. The summed E-state index contributed by atoms with van der Waals surface area (Å²) >= 11 is 12.4. The van der Waals surface area contributed by atoms with Crippen molar-refractivity contribution in [1.82, 2.24) is 10.2 Å². The summed E-state index contributed by atoms with van der Waals surface area (Å²) in [5.41, 5.74) is 10.0. The van der Waals surface area contributed by atoms with E-state index in [1.165, 1.54) is 12.1 Å². The first kappa shape index (κ1) is 22.8. The van der Waals surface area contributed by atoms with Crippen LogP contribution in [0.3, 0.4) is 0 Å². The van der Waals surface area contributed by atoms with Gasteiger partial charge < -0.3 is 15.2 Å². The number of nitrogens with zero attached hydrogens (tertiary/aromatic N) is 2. The van der Waals surface area contributed by atoms with E-state index in [4.69, 9.17) is 38.4 Å². The first-order valence-electron chi connectivity index (χ1n) is 10.5. The van der Waals surface area contributed by atoms with Gasteiger partial charge in [0, 0.05) is 5.56 Å². The fraction of sp³-hybridized carbons (Fsp3) is 0.0769. The van der Waals surface area contributed by atoms with E-state index in [1.807, 2.05) is 24.3 Å². The van der Waals surface area contributed by atoms with Crippen molar-refractivity contribution in [3.63, 3.8) is 0 Å². The summed E-state index contributed by atoms with van der Waals surface area (Å²) in [5.74, 6) is 0.0652. The summed E-state index contributed by atoms with van der Waals surface area (Å²) in [6.45, 7) is 0.307. The second-order valence-corrected chi connectivity index (χ2v) is 8.67. The number of hydrogen-bond donors (Lipinski definition) is 2. The van der Waals surface area contributed by atoms with Gasteiger partial charge in [-0.05, 0) is 59.7 Å². The maximum Gasteiger partial charge on any atom is 0.244 e. The second-order valence-electron chi connectivity index (χ2n) is 7.86. The van der Waals surface area contributed by atoms with Crippen molar-refractivity contribution < 1.29 is 13.9 Å². The maximum atomic E-state index is 13.1. The van der Waals surface area contributed by atoms with Gasteiger partial charge in [0.2, 0.25) is 11.8 Å². The Kier molecular flexibility index (Phi) is 6.08. The van der Waals surface area contributed by atoms with Crippen molar-refractivity contribution in [2.45, 2.75) is 12.5 Å². The van der Waals surface area contributed by atoms with Gasteiger partial charge >= 0.3 is 0 Å². The molecule has 35 heavy (non-hydrogen) atoms. The van der Waals surface area contributed by atoms with E-state index in [0.29, 0.717) is 33.7 Å². The van der Waals surface area contributed by atoms with Crippen LogP contribution in [0.25, 0.3) is 11.3 Å². The lowest BCUT2D eigenvalue weighted by Gasteiger charge is -2.24. The zero-order valence-electron chi connectivity index (χ0n) is 18.1. The molecule has 0 saturated carbocycles. The van der Waals surface area contributed by atoms with Gasteiger partial charge in [-0.2, -0.15) is 5.26 Å². The molecule has 0 saturated heterocycles. The average Bonchev–Trinajstić information content (AvgIpc) is 3.28. The number of allylic oxidation sites excluding steroid dienone is 1. The van der Waals surface area contributed by atoms with E-state index in [2.05, 4.69) is 16.3 Å². The Morgan fingerprint density at radius 1 is 1.06 bits per heavy atom. The maximum absolute atomic E-state index is 13.1. The Labute approximate surface area is 210 Å². The third-order valence-electron chi connectivity index (χ3n) is 5.68. The molecule has 2 heterocycles. The Morgan fingerprint density at radius 3 is 2.49 bits per heavy atom. The number of hydrogen-bond acceptors (Lipinski definition) is 5. The van der Waals surface area contributed by atoms with E-state index in [1.54, 1.807) is 30.3 Å². The number of nitrogens with one attached hydrogen (secondary N) is 1. The SMILES string of the molecule is N#CC1=C(N)Oc2n[nH]c(-c3ccc(OCc4ccc(F)cc4)cc3)c2[C@H]1c1ccc(Cl)c(Cl)c1. The molecule has 0 bridgehead atoms. The van der Waals surface area contributed by atoms with Crippen LogP contribution in [0.2, 0.25) is 10.0 Å². The molecule has 0 spiro atoms. The molecule has 1 atom stereocenters. The molecule has 4 aromatic rings. The molecular weight excluding hydrogens is 490 g/mol. The minimum absolute atomic E-state index is 0.0151. The lowest BCUT2D eigenvalue weighted by molar-refractivity contribution is 0.306. The van der Waals surface area contributed by atoms with Crippen LogP contribution >= 0.6 is 23.2 Å². The highest BCUT2D eigenvalue weighted by atomic mass is 35.5. The minimum Gasteiger partial charge on any atom is -0.489 e. The van der Waals surface area contributed by atoms with Gasteiger partial charge in [-0.1, -0.05) is 41.4 Å². The molecule has 1 aliphatic rings. The van der Waals surface area contributed by atoms with Crippen LogP contribution in [0.5, 0.6) is 11.6 Å². The van der Waals surface area contributed by atoms with Gasteiger partial charge in [-0.15, -0.1) is 5.10 Å². The van der Waals surface area contributed by atoms with Gasteiger partial charge in [-0.25, -0.2) is 4.39 Å². The third-order valence-corrected chi connectivity index (χ3v) is 6.42. The number of benzene rings is 3. The van der Waals surface area contributed by atoms with Crippen LogP contribution in [-0.4, -0.2) is 10.2 Å². The van der Waals surface area contributed by atoms with E-state index in [0.717, 1.165) is 16.7 Å². The van der Waals surface area contributed by atoms with E-state index < -0.39 is 5.92 Å². The third kappa shape index (κ3) is 4.42. The zero-order chi connectivity index (χ0) is 24.5. The molecular formula is C26H17Cl2FN4O2. The molecule has 0 fully saturated rings. The summed E-state index contributed by atoms with van der Waals surface area (Å²) < 4.78 is 24.6. The van der Waals surface area contributed by atoms with Gasteiger partial charge in [0.05, 0.1) is 27.2 Å². The fourth-order valence-corrected chi connectivity index (χ4v) is 4.26. The number of H-pyrrole nitrogens is 1. The van der Waals surface area contributed by atoms with Gasteiger partial charge in [0.15, 0.2) is 0 Å². The lowest BCUT2D eigenvalue weighted by Crippen LogP contribution is -2.21. The van der Waals surface area contributed by atoms with E-state index in [-0.39, 0.29) is 23.2 Å². The van der Waals surface area contributed by atoms with Crippen molar-refractivity contribution in [2.24, 2.45) is 5.73 Å². The minimum atomic E-state index is -0.554. The molecule has 1 aromatic heterocycles. The highest BCUT2D eigenvalue weighted by Gasteiger charge is 2.35. The molecule has 3 N–H and O–H groups in total. The van der Waals surface area contributed by atoms with Gasteiger partial charge in [0.1, 0.15) is 29.8 Å². The first-order valence-corrected chi connectivity index (χ1v) is 11.3. The normalized spacial score (nSPS) is 14.7. The molecule has 9 heteroatoms. The molecule has 0 unspecified atom stereocenters. The lowest BCUT2D eigenvalue weighted by atomic mass is 9.83. The van der Waals surface area contributed by atoms with Crippen molar-refractivity contribution >= 4 is 23.2 Å². The standard InChI is InChI=1S/C26H17Cl2FN4O2/c27-20-10-5-16(11-21(20)28)22-19(12-30)25(31)35-26-23(22)24(32-33-26)15-3-8-18(9-4-15)34-13-14-1-6-17(29)7-2-14/h1-11,22H,13,31H2,(H,32,33)/t22-/m0/s1. The van der Waals surface area contributed by atoms with Gasteiger partial charge in [0.25, 0.3) is 0 Å². The van der Waals surface area contributed by atoms with Crippen LogP contribution in [0, 0.1) is 17.1 Å². The summed E-state index contributed by atoms with van der Waals surface area (Å²) in [6.07, 6.45) is 0. The van der Waals surface area contributed by atoms with Crippen LogP contribution < -0.4 is 15.2 Å². The Bertz CT molecular complexity index is 1470. The quantitative estimate of drug-likeness (QED) is 0.330. The molecule has 3 aromatic carbocycles. The van der Waals surface area contributed by atoms with Crippen molar-refractivity contribution in [3.05, 3.63) is 111 Å². The van der Waals surface area contributed by atoms with Crippen LogP contribution in [0.4, 0.5) is 4.39 Å². The fourth-order valence-electron chi connectivity index (χ4n) is 3.96.